The number of primary sulfonamides is 1. The Morgan fingerprint density at radius 1 is 1.31 bits per heavy atom. The molecule has 11 heteroatoms. The van der Waals surface area contributed by atoms with Gasteiger partial charge in [-0.1, -0.05) is 15.9 Å². The zero-order valence-electron chi connectivity index (χ0n) is 15.0. The van der Waals surface area contributed by atoms with Gasteiger partial charge >= 0.3 is 0 Å². The van der Waals surface area contributed by atoms with Crippen LogP contribution in [0.25, 0.3) is 6.08 Å². The summed E-state index contributed by atoms with van der Waals surface area (Å²) < 4.78 is 28.6. The number of aromatic hydroxyl groups is 1. The molecule has 4 N–H and O–H groups in total. The second kappa shape index (κ2) is 8.57. The average molecular weight is 498 g/mol. The number of nitrogens with two attached hydrogens (primary N) is 1. The number of phenols is 1. The minimum Gasteiger partial charge on any atom is -0.504 e. The molecule has 3 rings (SSSR count). The van der Waals surface area contributed by atoms with Crippen LogP contribution in [0.1, 0.15) is 12.5 Å². The van der Waals surface area contributed by atoms with Crippen LogP contribution >= 0.6 is 27.7 Å². The molecule has 29 heavy (non-hydrogen) atoms. The number of phenolic OH excluding ortho intramolecular Hbond substituents is 1. The van der Waals surface area contributed by atoms with E-state index in [-0.39, 0.29) is 16.6 Å². The molecule has 0 bridgehead atoms. The monoisotopic (exact) mass is 497 g/mol. The van der Waals surface area contributed by atoms with Gasteiger partial charge in [-0.2, -0.15) is 0 Å². The molecule has 1 saturated heterocycles. The van der Waals surface area contributed by atoms with Crippen LogP contribution in [-0.4, -0.2) is 31.2 Å². The molecule has 152 valence electrons. The number of thioether (sulfide) groups is 1. The number of amidine groups is 1. The molecule has 0 aliphatic carbocycles. The van der Waals surface area contributed by atoms with Gasteiger partial charge in [-0.3, -0.25) is 4.79 Å². The maximum Gasteiger partial charge on any atom is 0.264 e. The summed E-state index contributed by atoms with van der Waals surface area (Å²) in [5, 5.41) is 18.0. The summed E-state index contributed by atoms with van der Waals surface area (Å²) in [6.07, 6.45) is 1.65. The molecule has 1 heterocycles. The van der Waals surface area contributed by atoms with Crippen LogP contribution in [0, 0.1) is 0 Å². The number of nitrogens with zero attached hydrogens (tertiary/aromatic N) is 1. The molecule has 1 aliphatic rings. The molecule has 0 saturated carbocycles. The number of rotatable bonds is 5. The summed E-state index contributed by atoms with van der Waals surface area (Å²) >= 11 is 4.49. The topological polar surface area (TPSA) is 131 Å². The molecule has 0 unspecified atom stereocenters. The predicted octanol–water partition coefficient (Wildman–Crippen LogP) is 3.09. The van der Waals surface area contributed by atoms with Gasteiger partial charge < -0.3 is 15.2 Å². The molecule has 0 aromatic heterocycles. The number of halogens is 1. The Morgan fingerprint density at radius 3 is 2.62 bits per heavy atom. The highest BCUT2D eigenvalue weighted by Crippen LogP contribution is 2.36. The summed E-state index contributed by atoms with van der Waals surface area (Å²) in [7, 11) is -3.78. The highest BCUT2D eigenvalue weighted by molar-refractivity contribution is 9.10. The number of ether oxygens (including phenoxy) is 1. The Kier molecular flexibility index (Phi) is 6.32. The summed E-state index contributed by atoms with van der Waals surface area (Å²) in [6.45, 7) is 2.19. The van der Waals surface area contributed by atoms with Crippen molar-refractivity contribution in [2.75, 3.05) is 6.61 Å². The largest absolute Gasteiger partial charge is 0.504 e. The standard InChI is InChI=1S/C18H16BrN3O5S2/c1-2-27-15-7-10(13(19)9-14(15)23)8-16-17(24)22-18(28-16)21-11-3-5-12(6-4-11)29(20,25)26/h3-9,23H,2H2,1H3,(H2,20,25,26)(H,21,22,24)/b16-8-. The van der Waals surface area contributed by atoms with E-state index in [1.807, 2.05) is 0 Å². The van der Waals surface area contributed by atoms with E-state index in [9.17, 15) is 18.3 Å². The van der Waals surface area contributed by atoms with Crippen molar-refractivity contribution in [2.24, 2.45) is 10.1 Å². The molecule has 0 radical (unpaired) electrons. The fourth-order valence-electron chi connectivity index (χ4n) is 2.39. The smallest absolute Gasteiger partial charge is 0.264 e. The Bertz CT molecular complexity index is 1130. The summed E-state index contributed by atoms with van der Waals surface area (Å²) in [5.74, 6) is -0.0165. The molecule has 8 nitrogen and oxygen atoms in total. The first-order valence-corrected chi connectivity index (χ1v) is 11.4. The Hall–Kier alpha value is -2.34. The number of amides is 1. The number of carbonyl (C=O) groups is 1. The van der Waals surface area contributed by atoms with Crippen LogP contribution in [-0.2, 0) is 14.8 Å². The van der Waals surface area contributed by atoms with Crippen molar-refractivity contribution < 1.29 is 23.1 Å². The zero-order valence-corrected chi connectivity index (χ0v) is 18.3. The van der Waals surface area contributed by atoms with Crippen molar-refractivity contribution in [3.8, 4) is 11.5 Å². The number of benzene rings is 2. The second-order valence-electron chi connectivity index (χ2n) is 5.80. The molecule has 1 aliphatic heterocycles. The van der Waals surface area contributed by atoms with Gasteiger partial charge in [0.15, 0.2) is 16.7 Å². The van der Waals surface area contributed by atoms with Crippen molar-refractivity contribution in [3.63, 3.8) is 0 Å². The van der Waals surface area contributed by atoms with Gasteiger partial charge in [-0.05, 0) is 66.7 Å². The van der Waals surface area contributed by atoms with Crippen LogP contribution in [0.15, 0.2) is 55.7 Å². The lowest BCUT2D eigenvalue weighted by Gasteiger charge is -2.08. The normalized spacial score (nSPS) is 17.0. The van der Waals surface area contributed by atoms with E-state index in [2.05, 4.69) is 26.2 Å². The molecule has 2 aromatic rings. The number of sulfonamides is 1. The average Bonchev–Trinajstić information content (AvgIpc) is 2.98. The fourth-order valence-corrected chi connectivity index (χ4v) is 4.18. The minimum atomic E-state index is -3.78. The van der Waals surface area contributed by atoms with Gasteiger partial charge in [0.2, 0.25) is 10.0 Å². The van der Waals surface area contributed by atoms with Gasteiger partial charge in [-0.25, -0.2) is 18.5 Å². The van der Waals surface area contributed by atoms with Crippen molar-refractivity contribution in [3.05, 3.63) is 51.3 Å². The number of aliphatic imine (C=N–C) groups is 1. The van der Waals surface area contributed by atoms with E-state index < -0.39 is 10.0 Å². The Balaban J connectivity index is 1.85. The zero-order chi connectivity index (χ0) is 21.2. The van der Waals surface area contributed by atoms with Crippen molar-refractivity contribution in [1.82, 2.24) is 5.32 Å². The van der Waals surface area contributed by atoms with Crippen molar-refractivity contribution in [1.29, 1.82) is 0 Å². The van der Waals surface area contributed by atoms with Gasteiger partial charge in [0.25, 0.3) is 5.91 Å². The third-order valence-electron chi connectivity index (χ3n) is 3.71. The number of nitrogens with one attached hydrogen (secondary N) is 1. The number of carbonyl (C=O) groups excluding carboxylic acids is 1. The molecule has 1 amide bonds. The second-order valence-corrected chi connectivity index (χ2v) is 9.24. The van der Waals surface area contributed by atoms with Crippen molar-refractivity contribution in [2.45, 2.75) is 11.8 Å². The van der Waals surface area contributed by atoms with Crippen LogP contribution < -0.4 is 15.2 Å². The van der Waals surface area contributed by atoms with Crippen LogP contribution in [0.5, 0.6) is 11.5 Å². The maximum atomic E-state index is 12.3. The highest BCUT2D eigenvalue weighted by Gasteiger charge is 2.24. The predicted molar refractivity (Wildman–Crippen MR) is 116 cm³/mol. The SMILES string of the molecule is CCOc1cc(/C=C2\SC(=Nc3ccc(S(N)(=O)=O)cc3)NC2=O)c(Br)cc1O. The molecule has 1 fully saturated rings. The Labute approximate surface area is 180 Å². The van der Waals surface area contributed by atoms with E-state index in [1.165, 1.54) is 30.3 Å². The third kappa shape index (κ3) is 5.18. The number of hydrogen-bond acceptors (Lipinski definition) is 7. The quantitative estimate of drug-likeness (QED) is 0.543. The van der Waals surface area contributed by atoms with E-state index in [0.29, 0.717) is 38.2 Å². The first-order chi connectivity index (χ1) is 13.7. The lowest BCUT2D eigenvalue weighted by Crippen LogP contribution is -2.19. The van der Waals surface area contributed by atoms with E-state index in [4.69, 9.17) is 9.88 Å². The van der Waals surface area contributed by atoms with Crippen molar-refractivity contribution >= 4 is 60.6 Å². The lowest BCUT2D eigenvalue weighted by molar-refractivity contribution is -0.115. The minimum absolute atomic E-state index is 0.00501. The Morgan fingerprint density at radius 2 is 2.00 bits per heavy atom. The maximum absolute atomic E-state index is 12.3. The molecular formula is C18H16BrN3O5S2. The van der Waals surface area contributed by atoms with Gasteiger partial charge in [-0.15, -0.1) is 0 Å². The molecule has 0 atom stereocenters. The van der Waals surface area contributed by atoms with E-state index in [1.54, 1.807) is 19.1 Å². The fraction of sp³-hybridized carbons (Fsp3) is 0.111. The van der Waals surface area contributed by atoms with E-state index >= 15 is 0 Å². The third-order valence-corrected chi connectivity index (χ3v) is 6.24. The van der Waals surface area contributed by atoms with Gasteiger partial charge in [0.05, 0.1) is 22.1 Å². The lowest BCUT2D eigenvalue weighted by atomic mass is 10.2. The molecule has 2 aromatic carbocycles. The summed E-state index contributed by atoms with van der Waals surface area (Å²) in [6, 6.07) is 8.80. The summed E-state index contributed by atoms with van der Waals surface area (Å²) in [5.41, 5.74) is 1.12. The molecular weight excluding hydrogens is 482 g/mol. The highest BCUT2D eigenvalue weighted by atomic mass is 79.9. The first-order valence-electron chi connectivity index (χ1n) is 8.25. The summed E-state index contributed by atoms with van der Waals surface area (Å²) in [4.78, 5) is 17.0. The van der Waals surface area contributed by atoms with Crippen LogP contribution in [0.3, 0.4) is 0 Å². The first kappa shape index (κ1) is 21.4. The van der Waals surface area contributed by atoms with E-state index in [0.717, 1.165) is 11.8 Å². The van der Waals surface area contributed by atoms with Crippen LogP contribution in [0.4, 0.5) is 5.69 Å². The van der Waals surface area contributed by atoms with Gasteiger partial charge in [0.1, 0.15) is 0 Å². The van der Waals surface area contributed by atoms with Crippen LogP contribution in [0.2, 0.25) is 0 Å². The molecule has 0 spiro atoms. The van der Waals surface area contributed by atoms with Gasteiger partial charge in [0, 0.05) is 4.47 Å². The number of hydrogen-bond donors (Lipinski definition) is 3.